The number of ether oxygens (including phenoxy) is 1. The van der Waals surface area contributed by atoms with Crippen LogP contribution >= 0.6 is 47.8 Å². The number of nitrogens with zero attached hydrogens (tertiary/aromatic N) is 1. The maximum atomic E-state index is 12.9. The molecule has 0 saturated heterocycles. The molecule has 0 amide bonds. The van der Waals surface area contributed by atoms with Crippen molar-refractivity contribution >= 4 is 65.5 Å². The Balaban J connectivity index is 2.11. The number of Topliss-reactive ketones (excluding diaryl/α,β-unsaturated/α-hetero) is 1. The van der Waals surface area contributed by atoms with Crippen molar-refractivity contribution in [3.8, 4) is 5.75 Å². The molecule has 1 unspecified atom stereocenters. The molecular formula is C16H10Br3NO2. The predicted molar refractivity (Wildman–Crippen MR) is 97.8 cm³/mol. The molecule has 1 heterocycles. The summed E-state index contributed by atoms with van der Waals surface area (Å²) in [5.41, 5.74) is 2.10. The highest BCUT2D eigenvalue weighted by molar-refractivity contribution is 9.11. The summed E-state index contributed by atoms with van der Waals surface area (Å²) in [6, 6.07) is 9.48. The Morgan fingerprint density at radius 2 is 1.82 bits per heavy atom. The van der Waals surface area contributed by atoms with Crippen molar-refractivity contribution in [3.63, 3.8) is 0 Å². The van der Waals surface area contributed by atoms with Gasteiger partial charge in [-0.25, -0.2) is 0 Å². The van der Waals surface area contributed by atoms with E-state index in [0.717, 1.165) is 14.5 Å². The summed E-state index contributed by atoms with van der Waals surface area (Å²) in [6.45, 7) is 0. The molecule has 0 spiro atoms. The van der Waals surface area contributed by atoms with Crippen molar-refractivity contribution < 1.29 is 9.53 Å². The molecule has 1 aliphatic heterocycles. The van der Waals surface area contributed by atoms with Gasteiger partial charge in [-0.15, -0.1) is 0 Å². The molecule has 22 heavy (non-hydrogen) atoms. The smallest absolute Gasteiger partial charge is 0.179 e. The molecule has 6 heteroatoms. The lowest BCUT2D eigenvalue weighted by molar-refractivity contribution is 0.0982. The van der Waals surface area contributed by atoms with Gasteiger partial charge in [0.2, 0.25) is 0 Å². The highest BCUT2D eigenvalue weighted by Gasteiger charge is 2.30. The Labute approximate surface area is 153 Å². The zero-order valence-electron chi connectivity index (χ0n) is 11.4. The van der Waals surface area contributed by atoms with Crippen LogP contribution in [0, 0.1) is 0 Å². The summed E-state index contributed by atoms with van der Waals surface area (Å²) in [4.78, 5) is 17.3. The number of fused-ring (bicyclic) bond motifs is 1. The number of benzene rings is 2. The van der Waals surface area contributed by atoms with E-state index in [1.165, 1.54) is 0 Å². The van der Waals surface area contributed by atoms with Crippen LogP contribution in [0.3, 0.4) is 0 Å². The third-order valence-electron chi connectivity index (χ3n) is 3.48. The monoisotopic (exact) mass is 485 g/mol. The van der Waals surface area contributed by atoms with Crippen molar-refractivity contribution in [1.29, 1.82) is 0 Å². The number of ketones is 1. The summed E-state index contributed by atoms with van der Waals surface area (Å²) >= 11 is 10.3. The summed E-state index contributed by atoms with van der Waals surface area (Å²) in [7, 11) is 1.57. The number of carbonyl (C=O) groups is 1. The van der Waals surface area contributed by atoms with Gasteiger partial charge in [0.25, 0.3) is 0 Å². The molecule has 3 rings (SSSR count). The quantitative estimate of drug-likeness (QED) is 0.548. The van der Waals surface area contributed by atoms with Gasteiger partial charge < -0.3 is 4.74 Å². The fraction of sp³-hybridized carbons (Fsp3) is 0.125. The molecule has 3 nitrogen and oxygen atoms in total. The van der Waals surface area contributed by atoms with Crippen LogP contribution in [-0.2, 0) is 0 Å². The predicted octanol–water partition coefficient (Wildman–Crippen LogP) is 5.67. The third kappa shape index (κ3) is 2.68. The minimum absolute atomic E-state index is 0.00463. The molecule has 1 atom stereocenters. The number of hydrogen-bond donors (Lipinski definition) is 0. The van der Waals surface area contributed by atoms with Crippen LogP contribution in [0.1, 0.15) is 21.8 Å². The number of aliphatic imine (C=N–C) groups is 1. The van der Waals surface area contributed by atoms with E-state index >= 15 is 0 Å². The fourth-order valence-electron chi connectivity index (χ4n) is 2.40. The maximum Gasteiger partial charge on any atom is 0.179 e. The summed E-state index contributed by atoms with van der Waals surface area (Å²) in [6.07, 6.45) is 1.69. The largest absolute Gasteiger partial charge is 0.494 e. The molecule has 2 aromatic rings. The maximum absolute atomic E-state index is 12.9. The average molecular weight is 488 g/mol. The highest BCUT2D eigenvalue weighted by atomic mass is 79.9. The Morgan fingerprint density at radius 1 is 1.14 bits per heavy atom. The zero-order valence-corrected chi connectivity index (χ0v) is 16.2. The lowest BCUT2D eigenvalue weighted by Gasteiger charge is -2.21. The number of hydrogen-bond acceptors (Lipinski definition) is 3. The van der Waals surface area contributed by atoms with Gasteiger partial charge in [0.05, 0.1) is 33.2 Å². The van der Waals surface area contributed by atoms with E-state index < -0.39 is 0 Å². The van der Waals surface area contributed by atoms with E-state index in [1.54, 1.807) is 19.4 Å². The van der Waals surface area contributed by atoms with E-state index in [0.29, 0.717) is 21.5 Å². The molecule has 0 aliphatic carbocycles. The van der Waals surface area contributed by atoms with Crippen molar-refractivity contribution in [2.24, 2.45) is 4.99 Å². The number of halogens is 3. The molecule has 0 radical (unpaired) electrons. The van der Waals surface area contributed by atoms with Crippen LogP contribution in [0.5, 0.6) is 5.75 Å². The lowest BCUT2D eigenvalue weighted by Crippen LogP contribution is -2.18. The molecule has 2 aromatic carbocycles. The topological polar surface area (TPSA) is 38.7 Å². The summed E-state index contributed by atoms with van der Waals surface area (Å²) in [5.74, 6) is 0.214. The number of rotatable bonds is 2. The molecule has 0 aromatic heterocycles. The van der Waals surface area contributed by atoms with Crippen LogP contribution in [0.4, 0.5) is 5.69 Å². The molecular weight excluding hydrogens is 478 g/mol. The summed E-state index contributed by atoms with van der Waals surface area (Å²) in [5, 5.41) is 0. The summed E-state index contributed by atoms with van der Waals surface area (Å²) < 4.78 is 7.70. The van der Waals surface area contributed by atoms with Gasteiger partial charge in [0.1, 0.15) is 5.75 Å². The van der Waals surface area contributed by atoms with Crippen molar-refractivity contribution in [1.82, 2.24) is 0 Å². The lowest BCUT2D eigenvalue weighted by atomic mass is 9.89. The SMILES string of the molecule is COc1c(Br)cc2c(c1Br)C(=O)C(c1ccc(Br)cc1)C=N2. The van der Waals surface area contributed by atoms with Crippen LogP contribution < -0.4 is 4.74 Å². The minimum Gasteiger partial charge on any atom is -0.494 e. The molecule has 112 valence electrons. The van der Waals surface area contributed by atoms with Crippen LogP contribution in [-0.4, -0.2) is 19.1 Å². The molecule has 0 N–H and O–H groups in total. The van der Waals surface area contributed by atoms with E-state index in [2.05, 4.69) is 52.8 Å². The first-order valence-corrected chi connectivity index (χ1v) is 8.80. The Morgan fingerprint density at radius 3 is 2.45 bits per heavy atom. The van der Waals surface area contributed by atoms with Gasteiger partial charge >= 0.3 is 0 Å². The first kappa shape index (κ1) is 15.9. The standard InChI is InChI=1S/C16H10Br3NO2/c1-22-16-11(18)6-12-13(14(16)19)15(21)10(7-20-12)8-2-4-9(17)5-3-8/h2-7,10H,1H3. The van der Waals surface area contributed by atoms with Crippen LogP contribution in [0.15, 0.2) is 48.7 Å². The number of carbonyl (C=O) groups excluding carboxylic acids is 1. The molecule has 0 saturated carbocycles. The zero-order chi connectivity index (χ0) is 15.9. The second kappa shape index (κ2) is 6.26. The average Bonchev–Trinajstić information content (AvgIpc) is 2.49. The molecule has 1 aliphatic rings. The normalized spacial score (nSPS) is 16.5. The minimum atomic E-state index is -0.386. The molecule has 0 bridgehead atoms. The van der Waals surface area contributed by atoms with Crippen LogP contribution in [0.25, 0.3) is 0 Å². The van der Waals surface area contributed by atoms with Gasteiger partial charge in [-0.2, -0.15) is 0 Å². The van der Waals surface area contributed by atoms with Crippen molar-refractivity contribution in [2.45, 2.75) is 5.92 Å². The second-order valence-corrected chi connectivity index (χ2v) is 7.33. The molecule has 0 fully saturated rings. The second-order valence-electron chi connectivity index (χ2n) is 4.77. The number of methoxy groups -OCH3 is 1. The van der Waals surface area contributed by atoms with E-state index in [-0.39, 0.29) is 11.7 Å². The first-order chi connectivity index (χ1) is 10.5. The Bertz CT molecular complexity index is 785. The van der Waals surface area contributed by atoms with Gasteiger partial charge in [0, 0.05) is 10.7 Å². The van der Waals surface area contributed by atoms with Gasteiger partial charge in [-0.3, -0.25) is 9.79 Å². The highest BCUT2D eigenvalue weighted by Crippen LogP contribution is 2.44. The third-order valence-corrected chi connectivity index (χ3v) is 5.35. The van der Waals surface area contributed by atoms with Gasteiger partial charge in [-0.1, -0.05) is 28.1 Å². The van der Waals surface area contributed by atoms with E-state index in [9.17, 15) is 4.79 Å². The van der Waals surface area contributed by atoms with Crippen molar-refractivity contribution in [2.75, 3.05) is 7.11 Å². The Kier molecular flexibility index (Phi) is 4.52. The fourth-order valence-corrected chi connectivity index (χ4v) is 4.28. The van der Waals surface area contributed by atoms with E-state index in [1.807, 2.05) is 24.3 Å². The van der Waals surface area contributed by atoms with Gasteiger partial charge in [-0.05, 0) is 55.6 Å². The van der Waals surface area contributed by atoms with Gasteiger partial charge in [0.15, 0.2) is 5.78 Å². The van der Waals surface area contributed by atoms with E-state index in [4.69, 9.17) is 4.74 Å². The first-order valence-electron chi connectivity index (χ1n) is 6.42. The van der Waals surface area contributed by atoms with Crippen molar-refractivity contribution in [3.05, 3.63) is 54.9 Å². The Hall–Kier alpha value is -0.980. The van der Waals surface area contributed by atoms with Crippen LogP contribution in [0.2, 0.25) is 0 Å².